The van der Waals surface area contributed by atoms with Crippen LogP contribution < -0.4 is 14.4 Å². The lowest BCUT2D eigenvalue weighted by Crippen LogP contribution is -2.49. The Morgan fingerprint density at radius 2 is 1.87 bits per heavy atom. The number of amides is 3. The highest BCUT2D eigenvalue weighted by Gasteiger charge is 2.28. The molecular weight excluding hydrogens is 518 g/mol. The summed E-state index contributed by atoms with van der Waals surface area (Å²) in [6.45, 7) is 7.08. The lowest BCUT2D eigenvalue weighted by Gasteiger charge is -2.36. The molecule has 0 aromatic heterocycles. The Labute approximate surface area is 236 Å². The first-order valence-corrected chi connectivity index (χ1v) is 14.4. The minimum Gasteiger partial charge on any atom is -0.493 e. The zero-order valence-electron chi connectivity index (χ0n) is 23.1. The van der Waals surface area contributed by atoms with Gasteiger partial charge < -0.3 is 24.0 Å². The monoisotopic (exact) mass is 557 g/mol. The van der Waals surface area contributed by atoms with Gasteiger partial charge in [-0.3, -0.25) is 9.69 Å². The van der Waals surface area contributed by atoms with Crippen LogP contribution >= 0.6 is 11.6 Å². The SMILES string of the molecule is CCCCCOc1cc(N2CCCN(Cc3ccc(CC(=O)N4CCCOCC4)cc3Cl)C2=O)ccc1OC. The van der Waals surface area contributed by atoms with E-state index >= 15 is 0 Å². The molecule has 9 heteroatoms. The first-order chi connectivity index (χ1) is 19.0. The number of urea groups is 1. The molecule has 2 aliphatic rings. The first kappa shape index (κ1) is 29.0. The van der Waals surface area contributed by atoms with E-state index in [0.29, 0.717) is 68.9 Å². The molecule has 3 amide bonds. The quantitative estimate of drug-likeness (QED) is 0.339. The number of methoxy groups -OCH3 is 1. The standard InChI is InChI=1S/C30H40ClN3O5/c1-3-4-5-17-39-28-21-25(10-11-27(28)37-2)34-14-6-12-33(30(34)36)22-24-9-8-23(19-26(24)31)20-29(35)32-13-7-16-38-18-15-32/h8-11,19,21H,3-7,12-18,20,22H2,1-2H3. The van der Waals surface area contributed by atoms with Gasteiger partial charge in [0.1, 0.15) is 0 Å². The van der Waals surface area contributed by atoms with Crippen molar-refractivity contribution in [3.05, 3.63) is 52.5 Å². The minimum absolute atomic E-state index is 0.0675. The summed E-state index contributed by atoms with van der Waals surface area (Å²) in [6.07, 6.45) is 5.20. The summed E-state index contributed by atoms with van der Waals surface area (Å²) in [5.41, 5.74) is 2.52. The topological polar surface area (TPSA) is 71.5 Å². The van der Waals surface area contributed by atoms with Crippen molar-refractivity contribution in [2.45, 2.75) is 52.0 Å². The molecule has 2 aliphatic heterocycles. The van der Waals surface area contributed by atoms with Crippen LogP contribution in [-0.4, -0.2) is 74.8 Å². The molecular formula is C30H40ClN3O5. The summed E-state index contributed by atoms with van der Waals surface area (Å²) in [5, 5.41) is 0.566. The normalized spacial score (nSPS) is 16.3. The van der Waals surface area contributed by atoms with Crippen LogP contribution in [0.3, 0.4) is 0 Å². The molecule has 0 aliphatic carbocycles. The van der Waals surface area contributed by atoms with Crippen molar-refractivity contribution in [3.8, 4) is 11.5 Å². The van der Waals surface area contributed by atoms with Crippen LogP contribution in [-0.2, 0) is 22.5 Å². The summed E-state index contributed by atoms with van der Waals surface area (Å²) < 4.78 is 16.9. The largest absolute Gasteiger partial charge is 0.493 e. The van der Waals surface area contributed by atoms with Gasteiger partial charge in [-0.15, -0.1) is 0 Å². The number of carbonyl (C=O) groups excluding carboxylic acids is 2. The van der Waals surface area contributed by atoms with Crippen molar-refractivity contribution in [1.82, 2.24) is 9.80 Å². The summed E-state index contributed by atoms with van der Waals surface area (Å²) in [6, 6.07) is 11.3. The van der Waals surface area contributed by atoms with Crippen molar-refractivity contribution in [1.29, 1.82) is 0 Å². The minimum atomic E-state index is -0.0675. The summed E-state index contributed by atoms with van der Waals surface area (Å²) in [7, 11) is 1.62. The number of hydrogen-bond donors (Lipinski definition) is 0. The lowest BCUT2D eigenvalue weighted by molar-refractivity contribution is -0.130. The van der Waals surface area contributed by atoms with E-state index in [1.165, 1.54) is 0 Å². The van der Waals surface area contributed by atoms with Gasteiger partial charge in [0.2, 0.25) is 5.91 Å². The second-order valence-corrected chi connectivity index (χ2v) is 10.5. The molecule has 0 bridgehead atoms. The fourth-order valence-corrected chi connectivity index (χ4v) is 5.23. The van der Waals surface area contributed by atoms with Crippen molar-refractivity contribution in [2.75, 3.05) is 58.0 Å². The van der Waals surface area contributed by atoms with Crippen LogP contribution in [0.25, 0.3) is 0 Å². The molecule has 0 atom stereocenters. The van der Waals surface area contributed by atoms with Gasteiger partial charge in [0.15, 0.2) is 11.5 Å². The molecule has 2 heterocycles. The van der Waals surface area contributed by atoms with E-state index in [1.807, 2.05) is 46.2 Å². The Balaban J connectivity index is 1.40. The third-order valence-corrected chi connectivity index (χ3v) is 7.54. The van der Waals surface area contributed by atoms with Crippen LogP contribution in [0.4, 0.5) is 10.5 Å². The Morgan fingerprint density at radius 1 is 1.00 bits per heavy atom. The van der Waals surface area contributed by atoms with E-state index in [9.17, 15) is 9.59 Å². The number of benzene rings is 2. The molecule has 0 saturated carbocycles. The number of anilines is 1. The third-order valence-electron chi connectivity index (χ3n) is 7.18. The number of nitrogens with zero attached hydrogens (tertiary/aromatic N) is 3. The van der Waals surface area contributed by atoms with Gasteiger partial charge in [-0.25, -0.2) is 4.79 Å². The molecule has 4 rings (SSSR count). The number of unbranched alkanes of at least 4 members (excludes halogenated alkanes) is 2. The van der Waals surface area contributed by atoms with Crippen LogP contribution in [0, 0.1) is 0 Å². The smallest absolute Gasteiger partial charge is 0.324 e. The van der Waals surface area contributed by atoms with Crippen molar-refractivity contribution >= 4 is 29.2 Å². The molecule has 0 spiro atoms. The van der Waals surface area contributed by atoms with E-state index in [2.05, 4.69) is 6.92 Å². The molecule has 2 aromatic carbocycles. The summed E-state index contributed by atoms with van der Waals surface area (Å²) >= 11 is 6.64. The Kier molecular flexibility index (Phi) is 10.7. The van der Waals surface area contributed by atoms with Gasteiger partial charge in [0.25, 0.3) is 0 Å². The number of halogens is 1. The van der Waals surface area contributed by atoms with Crippen LogP contribution in [0.15, 0.2) is 36.4 Å². The van der Waals surface area contributed by atoms with Gasteiger partial charge in [0.05, 0.1) is 26.7 Å². The Morgan fingerprint density at radius 3 is 2.67 bits per heavy atom. The van der Waals surface area contributed by atoms with E-state index in [1.54, 1.807) is 12.0 Å². The van der Waals surface area contributed by atoms with Crippen LogP contribution in [0.5, 0.6) is 11.5 Å². The molecule has 2 saturated heterocycles. The number of hydrogen-bond acceptors (Lipinski definition) is 5. The highest BCUT2D eigenvalue weighted by Crippen LogP contribution is 2.34. The number of ether oxygens (including phenoxy) is 3. The molecule has 2 fully saturated rings. The van der Waals surface area contributed by atoms with E-state index in [4.69, 9.17) is 25.8 Å². The lowest BCUT2D eigenvalue weighted by atomic mass is 10.1. The van der Waals surface area contributed by atoms with Crippen molar-refractivity contribution in [3.63, 3.8) is 0 Å². The molecule has 0 unspecified atom stereocenters. The van der Waals surface area contributed by atoms with E-state index in [0.717, 1.165) is 55.5 Å². The summed E-state index contributed by atoms with van der Waals surface area (Å²) in [4.78, 5) is 31.7. The second-order valence-electron chi connectivity index (χ2n) is 10.0. The number of carbonyl (C=O) groups is 2. The molecule has 0 radical (unpaired) electrons. The molecule has 8 nitrogen and oxygen atoms in total. The van der Waals surface area contributed by atoms with Gasteiger partial charge in [-0.1, -0.05) is 43.5 Å². The van der Waals surface area contributed by atoms with Crippen molar-refractivity contribution in [2.24, 2.45) is 0 Å². The maximum atomic E-state index is 13.5. The zero-order valence-corrected chi connectivity index (χ0v) is 23.9. The predicted molar refractivity (Wildman–Crippen MR) is 153 cm³/mol. The maximum Gasteiger partial charge on any atom is 0.324 e. The van der Waals surface area contributed by atoms with E-state index < -0.39 is 0 Å². The average Bonchev–Trinajstić information content (AvgIpc) is 3.23. The van der Waals surface area contributed by atoms with Crippen LogP contribution in [0.1, 0.15) is 50.2 Å². The Bertz CT molecular complexity index is 1120. The fourth-order valence-electron chi connectivity index (χ4n) is 4.96. The van der Waals surface area contributed by atoms with E-state index in [-0.39, 0.29) is 11.9 Å². The average molecular weight is 558 g/mol. The van der Waals surface area contributed by atoms with Crippen molar-refractivity contribution < 1.29 is 23.8 Å². The molecule has 39 heavy (non-hydrogen) atoms. The Hall–Kier alpha value is -2.97. The maximum absolute atomic E-state index is 13.5. The highest BCUT2D eigenvalue weighted by molar-refractivity contribution is 6.31. The molecule has 212 valence electrons. The third kappa shape index (κ3) is 7.79. The van der Waals surface area contributed by atoms with Gasteiger partial charge in [-0.05, 0) is 48.6 Å². The van der Waals surface area contributed by atoms with Crippen LogP contribution in [0.2, 0.25) is 5.02 Å². The predicted octanol–water partition coefficient (Wildman–Crippen LogP) is 5.54. The fraction of sp³-hybridized carbons (Fsp3) is 0.533. The van der Waals surface area contributed by atoms with Gasteiger partial charge in [0, 0.05) is 56.1 Å². The number of rotatable bonds is 11. The first-order valence-electron chi connectivity index (χ1n) is 14.0. The summed E-state index contributed by atoms with van der Waals surface area (Å²) in [5.74, 6) is 1.39. The highest BCUT2D eigenvalue weighted by atomic mass is 35.5. The zero-order chi connectivity index (χ0) is 27.6. The van der Waals surface area contributed by atoms with Gasteiger partial charge in [-0.2, -0.15) is 0 Å². The second kappa shape index (κ2) is 14.4. The molecule has 0 N–H and O–H groups in total. The van der Waals surface area contributed by atoms with Gasteiger partial charge >= 0.3 is 6.03 Å². The molecule has 2 aromatic rings.